The summed E-state index contributed by atoms with van der Waals surface area (Å²) < 4.78 is 11.4. The van der Waals surface area contributed by atoms with E-state index in [0.717, 1.165) is 32.1 Å². The molecule has 31 heavy (non-hydrogen) atoms. The Morgan fingerprint density at radius 3 is 2.19 bits per heavy atom. The highest BCUT2D eigenvalue weighted by atomic mass is 16.6. The Morgan fingerprint density at radius 2 is 1.58 bits per heavy atom. The summed E-state index contributed by atoms with van der Waals surface area (Å²) >= 11 is 0. The number of Topliss-reactive ketones (excluding diaryl/α,β-unsaturated/α-hetero) is 1. The molecule has 7 atom stereocenters. The fourth-order valence-corrected chi connectivity index (χ4v) is 7.92. The number of ether oxygens (including phenoxy) is 2. The number of hydrogen-bond donors (Lipinski definition) is 0. The van der Waals surface area contributed by atoms with Crippen molar-refractivity contribution < 1.29 is 23.9 Å². The summed E-state index contributed by atoms with van der Waals surface area (Å²) in [5.41, 5.74) is 1.29. The van der Waals surface area contributed by atoms with Crippen molar-refractivity contribution in [1.29, 1.82) is 0 Å². The minimum atomic E-state index is -1.000. The zero-order chi connectivity index (χ0) is 22.8. The zero-order valence-electron chi connectivity index (χ0n) is 19.7. The SMILES string of the molecule is CC(=O)OC1C=C2C(C)=CC3C(CCC4(C)C3CCC4(OC(C)=O)C(C)=O)C2(C)CC1. The van der Waals surface area contributed by atoms with E-state index in [2.05, 4.69) is 32.9 Å². The third-order valence-corrected chi connectivity index (χ3v) is 9.26. The first-order valence-corrected chi connectivity index (χ1v) is 11.7. The van der Waals surface area contributed by atoms with Crippen molar-refractivity contribution >= 4 is 17.7 Å². The van der Waals surface area contributed by atoms with Crippen molar-refractivity contribution in [2.75, 3.05) is 0 Å². The lowest BCUT2D eigenvalue weighted by Crippen LogP contribution is -2.58. The number of carbonyl (C=O) groups is 3. The standard InChI is InChI=1S/C26H36O5/c1-15-13-20-21(24(5)10-7-19(14-23(15)24)30-17(3)28)8-11-25(6)22(20)9-12-26(25,16(2)27)31-18(4)29/h13-14,19-22H,7-12H2,1-6H3. The van der Waals surface area contributed by atoms with E-state index in [1.165, 1.54) is 25.0 Å². The van der Waals surface area contributed by atoms with Gasteiger partial charge in [0.1, 0.15) is 6.10 Å². The Hall–Kier alpha value is -1.91. The van der Waals surface area contributed by atoms with Crippen molar-refractivity contribution in [3.63, 3.8) is 0 Å². The molecule has 2 fully saturated rings. The molecular formula is C26H36O5. The Labute approximate surface area is 185 Å². The van der Waals surface area contributed by atoms with E-state index < -0.39 is 5.60 Å². The smallest absolute Gasteiger partial charge is 0.303 e. The zero-order valence-corrected chi connectivity index (χ0v) is 19.7. The monoisotopic (exact) mass is 428 g/mol. The van der Waals surface area contributed by atoms with E-state index in [1.54, 1.807) is 6.92 Å². The van der Waals surface area contributed by atoms with E-state index in [9.17, 15) is 14.4 Å². The summed E-state index contributed by atoms with van der Waals surface area (Å²) in [6.45, 7) is 11.2. The van der Waals surface area contributed by atoms with Crippen molar-refractivity contribution in [2.45, 2.75) is 91.8 Å². The third-order valence-electron chi connectivity index (χ3n) is 9.26. The normalized spacial score (nSPS) is 43.5. The second-order valence-electron chi connectivity index (χ2n) is 10.8. The number of hydrogen-bond acceptors (Lipinski definition) is 5. The van der Waals surface area contributed by atoms with Gasteiger partial charge in [-0.1, -0.05) is 25.5 Å². The maximum Gasteiger partial charge on any atom is 0.303 e. The van der Waals surface area contributed by atoms with Crippen molar-refractivity contribution in [3.05, 3.63) is 23.3 Å². The number of carbonyl (C=O) groups excluding carboxylic acids is 3. The highest BCUT2D eigenvalue weighted by Crippen LogP contribution is 2.68. The molecule has 0 aliphatic heterocycles. The van der Waals surface area contributed by atoms with Crippen molar-refractivity contribution in [3.8, 4) is 0 Å². The molecule has 170 valence electrons. The molecule has 0 bridgehead atoms. The number of ketones is 1. The fraction of sp³-hybridized carbons (Fsp3) is 0.731. The highest BCUT2D eigenvalue weighted by Gasteiger charge is 2.67. The van der Waals surface area contributed by atoms with Crippen LogP contribution in [0.3, 0.4) is 0 Å². The van der Waals surface area contributed by atoms with Gasteiger partial charge in [-0.25, -0.2) is 0 Å². The molecular weight excluding hydrogens is 392 g/mol. The lowest BCUT2D eigenvalue weighted by molar-refractivity contribution is -0.185. The average molecular weight is 429 g/mol. The highest BCUT2D eigenvalue weighted by molar-refractivity contribution is 5.89. The minimum Gasteiger partial charge on any atom is -0.458 e. The molecule has 0 radical (unpaired) electrons. The Morgan fingerprint density at radius 1 is 0.903 bits per heavy atom. The van der Waals surface area contributed by atoms with Gasteiger partial charge in [-0.3, -0.25) is 14.4 Å². The predicted molar refractivity (Wildman–Crippen MR) is 117 cm³/mol. The van der Waals surface area contributed by atoms with Gasteiger partial charge < -0.3 is 9.47 Å². The molecule has 0 saturated heterocycles. The van der Waals surface area contributed by atoms with Gasteiger partial charge in [-0.05, 0) is 87.2 Å². The molecule has 0 aromatic heterocycles. The molecule has 4 rings (SSSR count). The van der Waals surface area contributed by atoms with E-state index in [0.29, 0.717) is 24.2 Å². The van der Waals surface area contributed by atoms with Crippen LogP contribution in [0.4, 0.5) is 0 Å². The molecule has 0 aromatic rings. The van der Waals surface area contributed by atoms with Crippen molar-refractivity contribution in [2.24, 2.45) is 28.6 Å². The van der Waals surface area contributed by atoms with Gasteiger partial charge in [-0.15, -0.1) is 0 Å². The molecule has 0 N–H and O–H groups in total. The molecule has 5 nitrogen and oxygen atoms in total. The lowest BCUT2D eigenvalue weighted by Gasteiger charge is -2.58. The topological polar surface area (TPSA) is 69.7 Å². The summed E-state index contributed by atoms with van der Waals surface area (Å²) in [6, 6.07) is 0. The first-order chi connectivity index (χ1) is 14.4. The van der Waals surface area contributed by atoms with Crippen LogP contribution in [0.1, 0.15) is 80.1 Å². The molecule has 2 saturated carbocycles. The molecule has 5 heteroatoms. The molecule has 0 heterocycles. The molecule has 0 spiro atoms. The van der Waals surface area contributed by atoms with Gasteiger partial charge in [0, 0.05) is 19.3 Å². The molecule has 0 amide bonds. The first-order valence-electron chi connectivity index (χ1n) is 11.7. The minimum absolute atomic E-state index is 0.0173. The quantitative estimate of drug-likeness (QED) is 0.596. The molecule has 4 aliphatic rings. The second-order valence-corrected chi connectivity index (χ2v) is 10.8. The lowest BCUT2D eigenvalue weighted by atomic mass is 9.47. The van der Waals surface area contributed by atoms with Crippen LogP contribution in [-0.4, -0.2) is 29.4 Å². The molecule has 0 aromatic carbocycles. The Bertz CT molecular complexity index is 884. The summed E-state index contributed by atoms with van der Waals surface area (Å²) in [5, 5.41) is 0. The number of rotatable bonds is 3. The summed E-state index contributed by atoms with van der Waals surface area (Å²) in [5.74, 6) is 0.550. The summed E-state index contributed by atoms with van der Waals surface area (Å²) in [7, 11) is 0. The largest absolute Gasteiger partial charge is 0.458 e. The van der Waals surface area contributed by atoms with Crippen LogP contribution >= 0.6 is 0 Å². The number of allylic oxidation sites excluding steroid dienone is 3. The Kier molecular flexibility index (Phi) is 5.26. The van der Waals surface area contributed by atoms with Crippen LogP contribution in [-0.2, 0) is 23.9 Å². The van der Waals surface area contributed by atoms with Crippen LogP contribution in [0.25, 0.3) is 0 Å². The van der Waals surface area contributed by atoms with Gasteiger partial charge in [0.25, 0.3) is 0 Å². The van der Waals surface area contributed by atoms with Crippen LogP contribution < -0.4 is 0 Å². The molecule has 7 unspecified atom stereocenters. The van der Waals surface area contributed by atoms with Crippen LogP contribution in [0.15, 0.2) is 23.3 Å². The summed E-state index contributed by atoms with van der Waals surface area (Å²) in [6.07, 6.45) is 9.69. The number of esters is 2. The van der Waals surface area contributed by atoms with E-state index in [4.69, 9.17) is 9.47 Å². The molecule has 4 aliphatic carbocycles. The number of fused-ring (bicyclic) bond motifs is 5. The Balaban J connectivity index is 1.73. The van der Waals surface area contributed by atoms with Crippen LogP contribution in [0.5, 0.6) is 0 Å². The maximum atomic E-state index is 12.9. The van der Waals surface area contributed by atoms with Crippen LogP contribution in [0.2, 0.25) is 0 Å². The van der Waals surface area contributed by atoms with Gasteiger partial charge in [0.15, 0.2) is 11.4 Å². The predicted octanol–water partition coefficient (Wildman–Crippen LogP) is 4.94. The fourth-order valence-electron chi connectivity index (χ4n) is 7.92. The van der Waals surface area contributed by atoms with E-state index >= 15 is 0 Å². The second kappa shape index (κ2) is 7.31. The summed E-state index contributed by atoms with van der Waals surface area (Å²) in [4.78, 5) is 36.3. The third kappa shape index (κ3) is 3.14. The van der Waals surface area contributed by atoms with Crippen LogP contribution in [0, 0.1) is 28.6 Å². The van der Waals surface area contributed by atoms with Crippen molar-refractivity contribution in [1.82, 2.24) is 0 Å². The first kappa shape index (κ1) is 22.3. The van der Waals surface area contributed by atoms with E-state index in [1.807, 2.05) is 0 Å². The van der Waals surface area contributed by atoms with E-state index in [-0.39, 0.29) is 34.7 Å². The van der Waals surface area contributed by atoms with Gasteiger partial charge in [0.2, 0.25) is 0 Å². The average Bonchev–Trinajstić information content (AvgIpc) is 2.96. The maximum absolute atomic E-state index is 12.9. The van der Waals surface area contributed by atoms with Gasteiger partial charge in [-0.2, -0.15) is 0 Å². The van der Waals surface area contributed by atoms with Gasteiger partial charge in [0.05, 0.1) is 0 Å². The van der Waals surface area contributed by atoms with Gasteiger partial charge >= 0.3 is 11.9 Å².